The van der Waals surface area contributed by atoms with E-state index in [1.807, 2.05) is 6.07 Å². The van der Waals surface area contributed by atoms with E-state index in [0.29, 0.717) is 17.8 Å². The van der Waals surface area contributed by atoms with Crippen LogP contribution in [-0.2, 0) is 9.59 Å². The van der Waals surface area contributed by atoms with Gasteiger partial charge in [-0.3, -0.25) is 9.59 Å². The molecule has 0 aliphatic carbocycles. The van der Waals surface area contributed by atoms with Gasteiger partial charge >= 0.3 is 11.8 Å². The quantitative estimate of drug-likeness (QED) is 0.625. The van der Waals surface area contributed by atoms with Crippen molar-refractivity contribution >= 4 is 17.5 Å². The highest BCUT2D eigenvalue weighted by atomic mass is 16.2. The Morgan fingerprint density at radius 1 is 1.21 bits per heavy atom. The lowest BCUT2D eigenvalue weighted by Crippen LogP contribution is -2.36. The van der Waals surface area contributed by atoms with E-state index in [9.17, 15) is 9.59 Å². The van der Waals surface area contributed by atoms with Crippen LogP contribution in [0.15, 0.2) is 24.3 Å². The fourth-order valence-electron chi connectivity index (χ4n) is 1.53. The van der Waals surface area contributed by atoms with E-state index in [2.05, 4.69) is 17.6 Å². The average molecular weight is 259 g/mol. The SMILES string of the molecule is CCCCCNC(=O)C(=O)Nc1ccccc1C#N. The van der Waals surface area contributed by atoms with Crippen molar-refractivity contribution in [2.75, 3.05) is 11.9 Å². The molecule has 0 radical (unpaired) electrons. The highest BCUT2D eigenvalue weighted by molar-refractivity contribution is 6.39. The second kappa shape index (κ2) is 7.88. The molecule has 0 atom stereocenters. The Labute approximate surface area is 112 Å². The molecule has 0 fully saturated rings. The van der Waals surface area contributed by atoms with Gasteiger partial charge in [-0.15, -0.1) is 0 Å². The van der Waals surface area contributed by atoms with Crippen LogP contribution in [-0.4, -0.2) is 18.4 Å². The van der Waals surface area contributed by atoms with E-state index in [1.165, 1.54) is 0 Å². The van der Waals surface area contributed by atoms with Crippen LogP contribution in [0.2, 0.25) is 0 Å². The molecule has 0 aliphatic rings. The normalized spacial score (nSPS) is 9.47. The van der Waals surface area contributed by atoms with Gasteiger partial charge in [0.1, 0.15) is 6.07 Å². The van der Waals surface area contributed by atoms with Crippen LogP contribution in [0.3, 0.4) is 0 Å². The summed E-state index contributed by atoms with van der Waals surface area (Å²) in [6, 6.07) is 8.50. The van der Waals surface area contributed by atoms with E-state index in [1.54, 1.807) is 24.3 Å². The average Bonchev–Trinajstić information content (AvgIpc) is 2.44. The lowest BCUT2D eigenvalue weighted by Gasteiger charge is -2.07. The van der Waals surface area contributed by atoms with Crippen LogP contribution in [0.1, 0.15) is 31.7 Å². The molecule has 0 unspecified atom stereocenters. The molecule has 0 aromatic heterocycles. The molecule has 0 aliphatic heterocycles. The number of benzene rings is 1. The largest absolute Gasteiger partial charge is 0.348 e. The Morgan fingerprint density at radius 2 is 1.95 bits per heavy atom. The zero-order chi connectivity index (χ0) is 14.1. The van der Waals surface area contributed by atoms with Gasteiger partial charge in [-0.25, -0.2) is 0 Å². The van der Waals surface area contributed by atoms with Gasteiger partial charge in [-0.05, 0) is 18.6 Å². The van der Waals surface area contributed by atoms with Crippen molar-refractivity contribution in [1.29, 1.82) is 5.26 Å². The lowest BCUT2D eigenvalue weighted by molar-refractivity contribution is -0.136. The Balaban J connectivity index is 2.50. The Kier molecular flexibility index (Phi) is 6.10. The molecule has 1 aromatic rings. The molecule has 2 amide bonds. The van der Waals surface area contributed by atoms with E-state index < -0.39 is 11.8 Å². The van der Waals surface area contributed by atoms with Crippen molar-refractivity contribution in [2.24, 2.45) is 0 Å². The molecule has 1 aromatic carbocycles. The van der Waals surface area contributed by atoms with Crippen LogP contribution in [0.25, 0.3) is 0 Å². The zero-order valence-corrected chi connectivity index (χ0v) is 10.9. The number of hydrogen-bond donors (Lipinski definition) is 2. The summed E-state index contributed by atoms with van der Waals surface area (Å²) in [5.74, 6) is -1.43. The summed E-state index contributed by atoms with van der Waals surface area (Å²) >= 11 is 0. The first-order chi connectivity index (χ1) is 9.19. The number of rotatable bonds is 5. The van der Waals surface area contributed by atoms with Crippen molar-refractivity contribution in [3.63, 3.8) is 0 Å². The monoisotopic (exact) mass is 259 g/mol. The highest BCUT2D eigenvalue weighted by Crippen LogP contribution is 2.13. The van der Waals surface area contributed by atoms with Crippen LogP contribution >= 0.6 is 0 Å². The molecule has 5 nitrogen and oxygen atoms in total. The van der Waals surface area contributed by atoms with Crippen molar-refractivity contribution in [3.8, 4) is 6.07 Å². The predicted octanol–water partition coefficient (Wildman–Crippen LogP) is 1.80. The van der Waals surface area contributed by atoms with Gasteiger partial charge in [0.2, 0.25) is 0 Å². The van der Waals surface area contributed by atoms with Gasteiger partial charge in [-0.2, -0.15) is 5.26 Å². The zero-order valence-electron chi connectivity index (χ0n) is 10.9. The minimum absolute atomic E-state index is 0.328. The molecule has 0 saturated carbocycles. The van der Waals surface area contributed by atoms with Crippen LogP contribution in [0, 0.1) is 11.3 Å². The number of nitrogens with zero attached hydrogens (tertiary/aromatic N) is 1. The summed E-state index contributed by atoms with van der Waals surface area (Å²) in [5, 5.41) is 13.8. The summed E-state index contributed by atoms with van der Waals surface area (Å²) in [7, 11) is 0. The highest BCUT2D eigenvalue weighted by Gasteiger charge is 2.14. The number of nitrogens with one attached hydrogen (secondary N) is 2. The maximum absolute atomic E-state index is 11.6. The van der Waals surface area contributed by atoms with Gasteiger partial charge in [0.25, 0.3) is 0 Å². The van der Waals surface area contributed by atoms with E-state index in [0.717, 1.165) is 19.3 Å². The summed E-state index contributed by atoms with van der Waals surface area (Å²) in [6.45, 7) is 2.55. The standard InChI is InChI=1S/C14H17N3O2/c1-2-3-6-9-16-13(18)14(19)17-12-8-5-4-7-11(12)10-15/h4-5,7-8H,2-3,6,9H2,1H3,(H,16,18)(H,17,19). The van der Waals surface area contributed by atoms with E-state index in [-0.39, 0.29) is 0 Å². The number of para-hydroxylation sites is 1. The van der Waals surface area contributed by atoms with E-state index in [4.69, 9.17) is 5.26 Å². The van der Waals surface area contributed by atoms with Gasteiger partial charge in [0.15, 0.2) is 0 Å². The molecule has 5 heteroatoms. The molecule has 2 N–H and O–H groups in total. The molecule has 0 bridgehead atoms. The second-order valence-corrected chi connectivity index (χ2v) is 4.07. The fourth-order valence-corrected chi connectivity index (χ4v) is 1.53. The second-order valence-electron chi connectivity index (χ2n) is 4.07. The molecule has 1 rings (SSSR count). The first kappa shape index (κ1) is 14.7. The molecular weight excluding hydrogens is 242 g/mol. The number of carbonyl (C=O) groups excluding carboxylic acids is 2. The number of carbonyl (C=O) groups is 2. The predicted molar refractivity (Wildman–Crippen MR) is 72.3 cm³/mol. The Hall–Kier alpha value is -2.35. The first-order valence-corrected chi connectivity index (χ1v) is 6.27. The summed E-state index contributed by atoms with van der Waals surface area (Å²) in [6.07, 6.45) is 2.92. The Morgan fingerprint density at radius 3 is 2.63 bits per heavy atom. The molecule has 0 spiro atoms. The third-order valence-electron chi connectivity index (χ3n) is 2.57. The van der Waals surface area contributed by atoms with Crippen LogP contribution in [0.4, 0.5) is 5.69 Å². The summed E-state index contributed by atoms with van der Waals surface area (Å²) in [4.78, 5) is 23.1. The van der Waals surface area contributed by atoms with Crippen LogP contribution in [0.5, 0.6) is 0 Å². The molecule has 0 heterocycles. The van der Waals surface area contributed by atoms with Crippen molar-refractivity contribution in [3.05, 3.63) is 29.8 Å². The number of anilines is 1. The van der Waals surface area contributed by atoms with Crippen molar-refractivity contribution in [1.82, 2.24) is 5.32 Å². The van der Waals surface area contributed by atoms with Gasteiger partial charge in [-0.1, -0.05) is 31.9 Å². The number of unbranched alkanes of at least 4 members (excludes halogenated alkanes) is 2. The molecule has 19 heavy (non-hydrogen) atoms. The minimum Gasteiger partial charge on any atom is -0.348 e. The van der Waals surface area contributed by atoms with Crippen molar-refractivity contribution in [2.45, 2.75) is 26.2 Å². The number of hydrogen-bond acceptors (Lipinski definition) is 3. The summed E-state index contributed by atoms with van der Waals surface area (Å²) in [5.41, 5.74) is 0.674. The fraction of sp³-hybridized carbons (Fsp3) is 0.357. The topological polar surface area (TPSA) is 82.0 Å². The molecule has 0 saturated heterocycles. The lowest BCUT2D eigenvalue weighted by atomic mass is 10.2. The molecular formula is C14H17N3O2. The third-order valence-corrected chi connectivity index (χ3v) is 2.57. The third kappa shape index (κ3) is 4.80. The maximum atomic E-state index is 11.6. The van der Waals surface area contributed by atoms with Gasteiger partial charge < -0.3 is 10.6 Å². The van der Waals surface area contributed by atoms with Gasteiger partial charge in [0.05, 0.1) is 11.3 Å². The van der Waals surface area contributed by atoms with E-state index >= 15 is 0 Å². The van der Waals surface area contributed by atoms with Crippen LogP contribution < -0.4 is 10.6 Å². The summed E-state index contributed by atoms with van der Waals surface area (Å²) < 4.78 is 0. The van der Waals surface area contributed by atoms with Gasteiger partial charge in [0, 0.05) is 6.54 Å². The smallest absolute Gasteiger partial charge is 0.313 e. The number of nitriles is 1. The maximum Gasteiger partial charge on any atom is 0.313 e. The molecule has 100 valence electrons. The number of amides is 2. The Bertz CT molecular complexity index is 492. The minimum atomic E-state index is -0.751. The van der Waals surface area contributed by atoms with Crippen molar-refractivity contribution < 1.29 is 9.59 Å². The first-order valence-electron chi connectivity index (χ1n) is 6.27.